The Morgan fingerprint density at radius 3 is 2.56 bits per heavy atom. The van der Waals surface area contributed by atoms with Crippen LogP contribution >= 0.6 is 0 Å². The number of rotatable bonds is 9. The molecule has 1 aromatic heterocycles. The molecule has 2 aromatic carbocycles. The summed E-state index contributed by atoms with van der Waals surface area (Å²) in [4.78, 5) is 13.4. The van der Waals surface area contributed by atoms with Gasteiger partial charge in [-0.15, -0.1) is 0 Å². The van der Waals surface area contributed by atoms with E-state index in [1.807, 2.05) is 54.6 Å². The molecule has 0 saturated heterocycles. The Labute approximate surface area is 189 Å². The van der Waals surface area contributed by atoms with Crippen LogP contribution < -0.4 is 10.1 Å². The second-order valence-electron chi connectivity index (χ2n) is 8.68. The van der Waals surface area contributed by atoms with Crippen LogP contribution in [0.25, 0.3) is 16.9 Å². The summed E-state index contributed by atoms with van der Waals surface area (Å²) in [6, 6.07) is 17.4. The van der Waals surface area contributed by atoms with Crippen molar-refractivity contribution in [3.63, 3.8) is 0 Å². The van der Waals surface area contributed by atoms with Gasteiger partial charge in [-0.1, -0.05) is 43.7 Å². The molecule has 0 unspecified atom stereocenters. The molecule has 1 saturated carbocycles. The fourth-order valence-electron chi connectivity index (χ4n) is 4.62. The van der Waals surface area contributed by atoms with E-state index < -0.39 is 0 Å². The van der Waals surface area contributed by atoms with Gasteiger partial charge in [-0.3, -0.25) is 4.79 Å². The summed E-state index contributed by atoms with van der Waals surface area (Å²) in [5, 5.41) is 17.3. The van der Waals surface area contributed by atoms with Gasteiger partial charge >= 0.3 is 0 Å². The third-order valence-corrected chi connectivity index (χ3v) is 6.90. The Hall–Kier alpha value is -3.12. The average molecular weight is 434 g/mol. The van der Waals surface area contributed by atoms with Crippen molar-refractivity contribution in [3.8, 4) is 22.7 Å². The Morgan fingerprint density at radius 1 is 1.19 bits per heavy atom. The number of methoxy groups -OCH3 is 1. The van der Waals surface area contributed by atoms with E-state index in [9.17, 15) is 9.90 Å². The minimum absolute atomic E-state index is 0.0679. The maximum Gasteiger partial charge on any atom is 0.255 e. The number of amides is 1. The quantitative estimate of drug-likeness (QED) is 0.522. The first-order valence-electron chi connectivity index (χ1n) is 11.3. The van der Waals surface area contributed by atoms with Gasteiger partial charge < -0.3 is 15.2 Å². The average Bonchev–Trinajstić information content (AvgIpc) is 3.24. The van der Waals surface area contributed by atoms with E-state index in [1.54, 1.807) is 18.0 Å². The van der Waals surface area contributed by atoms with Crippen molar-refractivity contribution >= 4 is 5.91 Å². The van der Waals surface area contributed by atoms with Crippen molar-refractivity contribution in [1.82, 2.24) is 15.1 Å². The lowest BCUT2D eigenvalue weighted by Crippen LogP contribution is -2.46. The Balaban J connectivity index is 1.66. The van der Waals surface area contributed by atoms with Crippen LogP contribution in [0, 0.1) is 11.3 Å². The lowest BCUT2D eigenvalue weighted by atomic mass is 9.60. The monoisotopic (exact) mass is 433 g/mol. The third kappa shape index (κ3) is 4.28. The van der Waals surface area contributed by atoms with Gasteiger partial charge in [0.15, 0.2) is 0 Å². The molecule has 6 nitrogen and oxygen atoms in total. The molecule has 0 spiro atoms. The summed E-state index contributed by atoms with van der Waals surface area (Å²) in [6.07, 6.45) is 5.88. The van der Waals surface area contributed by atoms with E-state index in [2.05, 4.69) is 12.2 Å². The zero-order valence-electron chi connectivity index (χ0n) is 18.8. The first-order valence-corrected chi connectivity index (χ1v) is 11.3. The molecule has 1 fully saturated rings. The smallest absolute Gasteiger partial charge is 0.255 e. The number of benzene rings is 2. The minimum Gasteiger partial charge on any atom is -0.496 e. The number of aliphatic hydroxyl groups excluding tert-OH is 1. The van der Waals surface area contributed by atoms with Crippen LogP contribution in [0.3, 0.4) is 0 Å². The van der Waals surface area contributed by atoms with Crippen LogP contribution in [-0.4, -0.2) is 41.1 Å². The van der Waals surface area contributed by atoms with Gasteiger partial charge in [0.25, 0.3) is 5.91 Å². The molecule has 3 aromatic rings. The molecule has 32 heavy (non-hydrogen) atoms. The molecular formula is C26H31N3O3. The summed E-state index contributed by atoms with van der Waals surface area (Å²) in [6.45, 7) is 2.96. The van der Waals surface area contributed by atoms with E-state index in [-0.39, 0.29) is 17.9 Å². The topological polar surface area (TPSA) is 76.4 Å². The molecule has 1 aliphatic carbocycles. The lowest BCUT2D eigenvalue weighted by Gasteiger charge is -2.47. The van der Waals surface area contributed by atoms with Crippen molar-refractivity contribution in [2.45, 2.75) is 32.6 Å². The third-order valence-electron chi connectivity index (χ3n) is 6.90. The fraction of sp³-hybridized carbons (Fsp3) is 0.385. The lowest BCUT2D eigenvalue weighted by molar-refractivity contribution is 0.0411. The van der Waals surface area contributed by atoms with Crippen LogP contribution in [0.4, 0.5) is 0 Å². The number of nitrogens with zero attached hydrogens (tertiary/aromatic N) is 2. The predicted octanol–water partition coefficient (Wildman–Crippen LogP) is 4.47. The summed E-state index contributed by atoms with van der Waals surface area (Å²) in [5.41, 5.74) is 2.84. The van der Waals surface area contributed by atoms with Crippen LogP contribution in [0.15, 0.2) is 60.8 Å². The summed E-state index contributed by atoms with van der Waals surface area (Å²) >= 11 is 0. The van der Waals surface area contributed by atoms with Crippen molar-refractivity contribution < 1.29 is 14.6 Å². The Bertz CT molecular complexity index is 1060. The van der Waals surface area contributed by atoms with E-state index >= 15 is 0 Å². The zero-order chi connectivity index (χ0) is 22.6. The molecule has 1 aliphatic rings. The van der Waals surface area contributed by atoms with Gasteiger partial charge in [-0.05, 0) is 54.9 Å². The van der Waals surface area contributed by atoms with Gasteiger partial charge in [0.2, 0.25) is 0 Å². The molecule has 0 aliphatic heterocycles. The van der Waals surface area contributed by atoms with Crippen LogP contribution in [0.5, 0.6) is 5.75 Å². The molecule has 0 radical (unpaired) electrons. The van der Waals surface area contributed by atoms with Crippen LogP contribution in [-0.2, 0) is 0 Å². The van der Waals surface area contributed by atoms with E-state index in [4.69, 9.17) is 9.84 Å². The normalized spacial score (nSPS) is 15.6. The van der Waals surface area contributed by atoms with Gasteiger partial charge in [-0.25, -0.2) is 4.68 Å². The second kappa shape index (κ2) is 9.57. The Morgan fingerprint density at radius 2 is 1.91 bits per heavy atom. The first-order chi connectivity index (χ1) is 15.6. The standard InChI is InChI=1S/C26H31N3O3/c1-19(13-16-30)26(14-8-15-26)18-27-25(31)22-17-29(20-9-4-3-5-10-20)28-24(22)21-11-6-7-12-23(21)32-2/h3-7,9-12,17,19,30H,8,13-16,18H2,1-2H3,(H,27,31)/t19-/m0/s1. The highest BCUT2D eigenvalue weighted by molar-refractivity contribution is 6.00. The number of ether oxygens (including phenoxy) is 1. The first kappa shape index (κ1) is 22.1. The predicted molar refractivity (Wildman–Crippen MR) is 125 cm³/mol. The van der Waals surface area contributed by atoms with Crippen molar-refractivity contribution in [2.24, 2.45) is 11.3 Å². The van der Waals surface area contributed by atoms with Gasteiger partial charge in [0.05, 0.1) is 18.4 Å². The summed E-state index contributed by atoms with van der Waals surface area (Å²) in [7, 11) is 1.62. The number of hydrogen-bond donors (Lipinski definition) is 2. The van der Waals surface area contributed by atoms with Gasteiger partial charge in [0.1, 0.15) is 11.4 Å². The maximum atomic E-state index is 13.4. The molecule has 1 amide bonds. The molecule has 6 heteroatoms. The number of carbonyl (C=O) groups excluding carboxylic acids is 1. The van der Waals surface area contributed by atoms with Crippen LogP contribution in [0.2, 0.25) is 0 Å². The number of para-hydroxylation sites is 2. The molecule has 168 valence electrons. The van der Waals surface area contributed by atoms with E-state index in [0.29, 0.717) is 29.5 Å². The largest absolute Gasteiger partial charge is 0.496 e. The highest BCUT2D eigenvalue weighted by Crippen LogP contribution is 2.47. The molecular weight excluding hydrogens is 402 g/mol. The SMILES string of the molecule is COc1ccccc1-c1nn(-c2ccccc2)cc1C(=O)NCC1([C@@H](C)CCO)CCC1. The fourth-order valence-corrected chi connectivity index (χ4v) is 4.62. The number of aromatic nitrogens is 2. The minimum atomic E-state index is -0.143. The highest BCUT2D eigenvalue weighted by Gasteiger charge is 2.41. The maximum absolute atomic E-state index is 13.4. The number of nitrogens with one attached hydrogen (secondary N) is 1. The summed E-state index contributed by atoms with van der Waals surface area (Å²) in [5.74, 6) is 0.893. The molecule has 4 rings (SSSR count). The molecule has 2 N–H and O–H groups in total. The Kier molecular flexibility index (Phi) is 6.61. The zero-order valence-corrected chi connectivity index (χ0v) is 18.8. The van der Waals surface area contributed by atoms with Crippen molar-refractivity contribution in [3.05, 3.63) is 66.4 Å². The number of aliphatic hydroxyl groups is 1. The van der Waals surface area contributed by atoms with E-state index in [0.717, 1.165) is 30.5 Å². The number of carbonyl (C=O) groups is 1. The van der Waals surface area contributed by atoms with Gasteiger partial charge in [-0.2, -0.15) is 5.10 Å². The molecule has 1 heterocycles. The van der Waals surface area contributed by atoms with Gasteiger partial charge in [0, 0.05) is 24.9 Å². The van der Waals surface area contributed by atoms with Crippen molar-refractivity contribution in [2.75, 3.05) is 20.3 Å². The second-order valence-corrected chi connectivity index (χ2v) is 8.68. The highest BCUT2D eigenvalue weighted by atomic mass is 16.5. The number of hydrogen-bond acceptors (Lipinski definition) is 4. The van der Waals surface area contributed by atoms with Crippen LogP contribution in [0.1, 0.15) is 43.0 Å². The molecule has 1 atom stereocenters. The van der Waals surface area contributed by atoms with E-state index in [1.165, 1.54) is 6.42 Å². The summed E-state index contributed by atoms with van der Waals surface area (Å²) < 4.78 is 7.28. The van der Waals surface area contributed by atoms with Crippen molar-refractivity contribution in [1.29, 1.82) is 0 Å². The molecule has 0 bridgehead atoms.